The minimum atomic E-state index is -0.601. The van der Waals surface area contributed by atoms with Gasteiger partial charge in [0.2, 0.25) is 5.96 Å². The predicted molar refractivity (Wildman–Crippen MR) is 97.7 cm³/mol. The van der Waals surface area contributed by atoms with Crippen LogP contribution in [0.5, 0.6) is 0 Å². The van der Waals surface area contributed by atoms with Crippen LogP contribution in [0.3, 0.4) is 0 Å². The Balaban J connectivity index is 2.02. The first-order chi connectivity index (χ1) is 12.6. The molecule has 0 fully saturated rings. The van der Waals surface area contributed by atoms with Crippen molar-refractivity contribution in [3.05, 3.63) is 75.8 Å². The van der Waals surface area contributed by atoms with E-state index in [0.29, 0.717) is 13.1 Å². The summed E-state index contributed by atoms with van der Waals surface area (Å²) in [6.07, 6.45) is -0.601. The van der Waals surface area contributed by atoms with Gasteiger partial charge in [-0.1, -0.05) is 42.5 Å². The summed E-state index contributed by atoms with van der Waals surface area (Å²) in [5, 5.41) is 16.3. The third kappa shape index (κ3) is 6.23. The lowest BCUT2D eigenvalue weighted by molar-refractivity contribution is -0.384. The Hall–Kier alpha value is -3.42. The van der Waals surface area contributed by atoms with E-state index in [-0.39, 0.29) is 18.3 Å². The summed E-state index contributed by atoms with van der Waals surface area (Å²) in [5.74, 6) is 0.269. The van der Waals surface area contributed by atoms with Gasteiger partial charge in [-0.15, -0.1) is 0 Å². The maximum Gasteiger partial charge on any atom is 0.413 e. The van der Waals surface area contributed by atoms with Crippen molar-refractivity contribution < 1.29 is 14.5 Å². The van der Waals surface area contributed by atoms with Crippen LogP contribution in [0.15, 0.2) is 59.6 Å². The number of nitro benzene ring substituents is 1. The number of aliphatic imine (C=N–C) groups is 1. The molecule has 0 heterocycles. The summed E-state index contributed by atoms with van der Waals surface area (Å²) < 4.78 is 4.87. The van der Waals surface area contributed by atoms with Crippen molar-refractivity contribution in [3.8, 4) is 0 Å². The molecule has 8 nitrogen and oxygen atoms in total. The van der Waals surface area contributed by atoms with E-state index in [9.17, 15) is 14.9 Å². The standard InChI is InChI=1S/C18H20N4O4/c1-2-26-18(23)21-17(19-12-14-6-4-3-5-7-14)20-13-15-8-10-16(11-9-15)22(24)25/h3-11H,2,12-13H2,1H3,(H2,19,20,21,23). The van der Waals surface area contributed by atoms with Crippen molar-refractivity contribution in [3.63, 3.8) is 0 Å². The second kappa shape index (κ2) is 9.77. The fraction of sp³-hybridized carbons (Fsp3) is 0.222. The molecular weight excluding hydrogens is 336 g/mol. The third-order valence-electron chi connectivity index (χ3n) is 3.37. The second-order valence-electron chi connectivity index (χ2n) is 5.27. The van der Waals surface area contributed by atoms with E-state index in [0.717, 1.165) is 11.1 Å². The molecule has 136 valence electrons. The molecule has 2 aromatic carbocycles. The Labute approximate surface area is 151 Å². The predicted octanol–water partition coefficient (Wildman–Crippen LogP) is 2.99. The van der Waals surface area contributed by atoms with E-state index < -0.39 is 11.0 Å². The summed E-state index contributed by atoms with van der Waals surface area (Å²) in [6, 6.07) is 15.7. The number of hydrogen-bond donors (Lipinski definition) is 2. The normalized spacial score (nSPS) is 10.9. The van der Waals surface area contributed by atoms with E-state index in [1.165, 1.54) is 12.1 Å². The number of carbonyl (C=O) groups excluding carboxylic acids is 1. The van der Waals surface area contributed by atoms with Gasteiger partial charge >= 0.3 is 6.09 Å². The number of benzene rings is 2. The molecule has 0 aliphatic heterocycles. The topological polar surface area (TPSA) is 106 Å². The fourth-order valence-corrected chi connectivity index (χ4v) is 2.08. The number of carbonyl (C=O) groups is 1. The first-order valence-corrected chi connectivity index (χ1v) is 8.08. The van der Waals surface area contributed by atoms with Gasteiger partial charge in [-0.05, 0) is 18.1 Å². The van der Waals surface area contributed by atoms with Gasteiger partial charge in [0.1, 0.15) is 0 Å². The fourth-order valence-electron chi connectivity index (χ4n) is 2.08. The van der Waals surface area contributed by atoms with Crippen molar-refractivity contribution in [2.75, 3.05) is 6.61 Å². The number of alkyl carbamates (subject to hydrolysis) is 1. The number of hydrogen-bond acceptors (Lipinski definition) is 5. The van der Waals surface area contributed by atoms with Gasteiger partial charge in [0.25, 0.3) is 5.69 Å². The zero-order chi connectivity index (χ0) is 18.8. The Morgan fingerprint density at radius 3 is 2.42 bits per heavy atom. The van der Waals surface area contributed by atoms with E-state index in [1.54, 1.807) is 19.1 Å². The number of rotatable bonds is 6. The molecule has 0 aliphatic rings. The number of nitro groups is 1. The van der Waals surface area contributed by atoms with Gasteiger partial charge in [-0.3, -0.25) is 15.4 Å². The quantitative estimate of drug-likeness (QED) is 0.358. The molecule has 26 heavy (non-hydrogen) atoms. The highest BCUT2D eigenvalue weighted by Crippen LogP contribution is 2.11. The first-order valence-electron chi connectivity index (χ1n) is 8.08. The van der Waals surface area contributed by atoms with Crippen LogP contribution in [0.4, 0.5) is 10.5 Å². The van der Waals surface area contributed by atoms with Crippen LogP contribution >= 0.6 is 0 Å². The number of non-ortho nitro benzene ring substituents is 1. The molecule has 0 aliphatic carbocycles. The van der Waals surface area contributed by atoms with Crippen LogP contribution in [-0.4, -0.2) is 23.6 Å². The van der Waals surface area contributed by atoms with Crippen LogP contribution < -0.4 is 10.6 Å². The van der Waals surface area contributed by atoms with Crippen molar-refractivity contribution >= 4 is 17.7 Å². The molecule has 1 amide bonds. The molecule has 0 radical (unpaired) electrons. The molecule has 0 atom stereocenters. The maximum atomic E-state index is 11.7. The maximum absolute atomic E-state index is 11.7. The number of nitrogens with zero attached hydrogens (tertiary/aromatic N) is 2. The van der Waals surface area contributed by atoms with Crippen molar-refractivity contribution in [1.29, 1.82) is 0 Å². The monoisotopic (exact) mass is 356 g/mol. The molecule has 0 aromatic heterocycles. The van der Waals surface area contributed by atoms with Crippen LogP contribution in [0.1, 0.15) is 18.1 Å². The van der Waals surface area contributed by atoms with E-state index >= 15 is 0 Å². The van der Waals surface area contributed by atoms with E-state index in [4.69, 9.17) is 4.74 Å². The molecule has 8 heteroatoms. The van der Waals surface area contributed by atoms with E-state index in [2.05, 4.69) is 15.6 Å². The Morgan fingerprint density at radius 2 is 1.81 bits per heavy atom. The summed E-state index contributed by atoms with van der Waals surface area (Å²) >= 11 is 0. The molecule has 2 aromatic rings. The van der Waals surface area contributed by atoms with Gasteiger partial charge in [-0.2, -0.15) is 0 Å². The highest BCUT2D eigenvalue weighted by atomic mass is 16.6. The van der Waals surface area contributed by atoms with Gasteiger partial charge in [0.05, 0.1) is 18.1 Å². The average molecular weight is 356 g/mol. The summed E-state index contributed by atoms with van der Waals surface area (Å²) in [5.41, 5.74) is 1.83. The first kappa shape index (κ1) is 18.9. The Morgan fingerprint density at radius 1 is 1.12 bits per heavy atom. The minimum absolute atomic E-state index is 0.0244. The molecule has 0 bridgehead atoms. The zero-order valence-electron chi connectivity index (χ0n) is 14.3. The van der Waals surface area contributed by atoms with Crippen molar-refractivity contribution in [2.45, 2.75) is 20.0 Å². The van der Waals surface area contributed by atoms with Gasteiger partial charge in [0, 0.05) is 18.7 Å². The largest absolute Gasteiger partial charge is 0.450 e. The van der Waals surface area contributed by atoms with E-state index in [1.807, 2.05) is 30.3 Å². The Kier molecular flexibility index (Phi) is 7.11. The van der Waals surface area contributed by atoms with Crippen molar-refractivity contribution in [1.82, 2.24) is 10.6 Å². The molecule has 2 rings (SSSR count). The highest BCUT2D eigenvalue weighted by molar-refractivity contribution is 5.93. The number of ether oxygens (including phenoxy) is 1. The number of guanidine groups is 1. The molecule has 2 N–H and O–H groups in total. The molecule has 0 saturated heterocycles. The van der Waals surface area contributed by atoms with Crippen LogP contribution in [-0.2, 0) is 17.8 Å². The lowest BCUT2D eigenvalue weighted by Crippen LogP contribution is -2.41. The smallest absolute Gasteiger partial charge is 0.413 e. The van der Waals surface area contributed by atoms with Gasteiger partial charge in [-0.25, -0.2) is 9.79 Å². The van der Waals surface area contributed by atoms with Gasteiger partial charge < -0.3 is 10.1 Å². The highest BCUT2D eigenvalue weighted by Gasteiger charge is 2.08. The second-order valence-corrected chi connectivity index (χ2v) is 5.27. The van der Waals surface area contributed by atoms with Gasteiger partial charge in [0.15, 0.2) is 0 Å². The van der Waals surface area contributed by atoms with Crippen LogP contribution in [0.2, 0.25) is 0 Å². The lowest BCUT2D eigenvalue weighted by atomic mass is 10.2. The zero-order valence-corrected chi connectivity index (χ0v) is 14.3. The minimum Gasteiger partial charge on any atom is -0.450 e. The Bertz CT molecular complexity index is 761. The van der Waals surface area contributed by atoms with Crippen LogP contribution in [0.25, 0.3) is 0 Å². The van der Waals surface area contributed by atoms with Crippen LogP contribution in [0, 0.1) is 10.1 Å². The number of amides is 1. The summed E-state index contributed by atoms with van der Waals surface area (Å²) in [4.78, 5) is 26.3. The molecule has 0 spiro atoms. The molecule has 0 saturated carbocycles. The number of nitrogens with one attached hydrogen (secondary N) is 2. The summed E-state index contributed by atoms with van der Waals surface area (Å²) in [7, 11) is 0. The van der Waals surface area contributed by atoms with Crippen molar-refractivity contribution in [2.24, 2.45) is 4.99 Å². The third-order valence-corrected chi connectivity index (χ3v) is 3.37. The average Bonchev–Trinajstić information content (AvgIpc) is 2.65. The SMILES string of the molecule is CCOC(=O)NC(=NCc1ccccc1)NCc1ccc([N+](=O)[O-])cc1. The lowest BCUT2D eigenvalue weighted by Gasteiger charge is -2.11. The summed E-state index contributed by atoms with van der Waals surface area (Å²) in [6.45, 7) is 2.69. The molecule has 0 unspecified atom stereocenters. The molecular formula is C18H20N4O4.